The summed E-state index contributed by atoms with van der Waals surface area (Å²) in [6.07, 6.45) is -0.490. The van der Waals surface area contributed by atoms with Crippen molar-refractivity contribution in [3.05, 3.63) is 95.6 Å². The smallest absolute Gasteiger partial charge is 0.433 e. The van der Waals surface area contributed by atoms with Gasteiger partial charge in [-0.3, -0.25) is 9.63 Å². The number of hydroxylamine groups is 2. The van der Waals surface area contributed by atoms with E-state index in [4.69, 9.17) is 9.57 Å². The van der Waals surface area contributed by atoms with Gasteiger partial charge < -0.3 is 10.1 Å². The lowest BCUT2D eigenvalue weighted by Crippen LogP contribution is -2.35. The van der Waals surface area contributed by atoms with E-state index in [-0.39, 0.29) is 31.4 Å². The molecule has 0 saturated carbocycles. The molecule has 0 radical (unpaired) electrons. The fraction of sp³-hybridized carbons (Fsp3) is 0.231. The standard InChI is InChI=1S/C26H26N2O4/c1-31-28(16-15-25(29)27-17-19-9-3-2-4-10-19)26(30)32-18-24-22-13-7-5-11-20(22)21-12-6-8-14-23(21)24/h2-14,24H,15-18H2,1H3,(H,27,29). The van der Waals surface area contributed by atoms with Crippen LogP contribution in [0, 0.1) is 0 Å². The van der Waals surface area contributed by atoms with Crippen molar-refractivity contribution in [3.63, 3.8) is 0 Å². The van der Waals surface area contributed by atoms with Crippen LogP contribution in [0.15, 0.2) is 78.9 Å². The topological polar surface area (TPSA) is 67.9 Å². The van der Waals surface area contributed by atoms with Gasteiger partial charge in [0.1, 0.15) is 6.61 Å². The summed E-state index contributed by atoms with van der Waals surface area (Å²) in [7, 11) is 1.39. The molecule has 1 N–H and O–H groups in total. The number of rotatable bonds is 8. The van der Waals surface area contributed by atoms with Crippen LogP contribution in [0.4, 0.5) is 4.79 Å². The first-order valence-corrected chi connectivity index (χ1v) is 10.6. The van der Waals surface area contributed by atoms with E-state index in [9.17, 15) is 9.59 Å². The molecule has 0 bridgehead atoms. The van der Waals surface area contributed by atoms with Crippen molar-refractivity contribution in [1.29, 1.82) is 0 Å². The van der Waals surface area contributed by atoms with Gasteiger partial charge in [0.05, 0.1) is 13.7 Å². The molecule has 1 aliphatic carbocycles. The predicted molar refractivity (Wildman–Crippen MR) is 122 cm³/mol. The highest BCUT2D eigenvalue weighted by molar-refractivity contribution is 5.79. The first kappa shape index (κ1) is 21.6. The Hall–Kier alpha value is -3.64. The third-order valence-corrected chi connectivity index (χ3v) is 5.63. The molecule has 6 nitrogen and oxygen atoms in total. The predicted octanol–water partition coefficient (Wildman–Crippen LogP) is 4.51. The summed E-state index contributed by atoms with van der Waals surface area (Å²) in [6, 6.07) is 26.0. The molecule has 0 heterocycles. The van der Waals surface area contributed by atoms with Crippen LogP contribution in [-0.2, 0) is 20.9 Å². The maximum Gasteiger partial charge on any atom is 0.433 e. The number of fused-ring (bicyclic) bond motifs is 3. The average Bonchev–Trinajstić information content (AvgIpc) is 3.16. The Balaban J connectivity index is 1.30. The van der Waals surface area contributed by atoms with Crippen LogP contribution < -0.4 is 5.32 Å². The molecule has 3 aromatic rings. The van der Waals surface area contributed by atoms with Gasteiger partial charge in [-0.1, -0.05) is 78.9 Å². The normalized spacial score (nSPS) is 12.0. The fourth-order valence-electron chi connectivity index (χ4n) is 4.01. The van der Waals surface area contributed by atoms with Gasteiger partial charge in [-0.2, -0.15) is 5.06 Å². The van der Waals surface area contributed by atoms with Crippen molar-refractivity contribution in [2.45, 2.75) is 18.9 Å². The van der Waals surface area contributed by atoms with Gasteiger partial charge in [0, 0.05) is 18.9 Å². The number of hydrogen-bond donors (Lipinski definition) is 1. The number of nitrogens with one attached hydrogen (secondary N) is 1. The highest BCUT2D eigenvalue weighted by atomic mass is 16.7. The minimum absolute atomic E-state index is 0.0285. The average molecular weight is 431 g/mol. The maximum absolute atomic E-state index is 12.6. The highest BCUT2D eigenvalue weighted by Crippen LogP contribution is 2.44. The number of nitrogens with zero attached hydrogens (tertiary/aromatic N) is 1. The lowest BCUT2D eigenvalue weighted by molar-refractivity contribution is -0.129. The molecule has 0 atom stereocenters. The quantitative estimate of drug-likeness (QED) is 0.534. The van der Waals surface area contributed by atoms with Crippen molar-refractivity contribution >= 4 is 12.0 Å². The van der Waals surface area contributed by atoms with Gasteiger partial charge in [0.2, 0.25) is 5.91 Å². The summed E-state index contributed by atoms with van der Waals surface area (Å²) in [6.45, 7) is 0.748. The third-order valence-electron chi connectivity index (χ3n) is 5.63. The Bertz CT molecular complexity index is 1040. The van der Waals surface area contributed by atoms with Crippen LogP contribution in [0.5, 0.6) is 0 Å². The second-order valence-corrected chi connectivity index (χ2v) is 7.60. The molecule has 1 aliphatic rings. The molecule has 0 aliphatic heterocycles. The molecule has 0 fully saturated rings. The lowest BCUT2D eigenvalue weighted by atomic mass is 9.98. The first-order valence-electron chi connectivity index (χ1n) is 10.6. The Morgan fingerprint density at radius 1 is 0.875 bits per heavy atom. The summed E-state index contributed by atoms with van der Waals surface area (Å²) in [4.78, 5) is 29.9. The number of benzene rings is 3. The first-order chi connectivity index (χ1) is 15.7. The summed E-state index contributed by atoms with van der Waals surface area (Å²) >= 11 is 0. The van der Waals surface area contributed by atoms with Gasteiger partial charge in [-0.25, -0.2) is 4.79 Å². The van der Waals surface area contributed by atoms with Crippen LogP contribution >= 0.6 is 0 Å². The Morgan fingerprint density at radius 2 is 1.47 bits per heavy atom. The van der Waals surface area contributed by atoms with E-state index in [2.05, 4.69) is 29.6 Å². The zero-order valence-electron chi connectivity index (χ0n) is 18.0. The monoisotopic (exact) mass is 430 g/mol. The number of carbonyl (C=O) groups excluding carboxylic acids is 2. The Labute approximate surface area is 187 Å². The lowest BCUT2D eigenvalue weighted by Gasteiger charge is -2.21. The Kier molecular flexibility index (Phi) is 6.82. The van der Waals surface area contributed by atoms with Gasteiger partial charge >= 0.3 is 6.09 Å². The van der Waals surface area contributed by atoms with E-state index in [1.807, 2.05) is 54.6 Å². The van der Waals surface area contributed by atoms with Crippen LogP contribution in [0.3, 0.4) is 0 Å². The fourth-order valence-corrected chi connectivity index (χ4v) is 4.01. The second-order valence-electron chi connectivity index (χ2n) is 7.60. The van der Waals surface area contributed by atoms with Crippen molar-refractivity contribution in [2.24, 2.45) is 0 Å². The van der Waals surface area contributed by atoms with Crippen molar-refractivity contribution in [3.8, 4) is 11.1 Å². The summed E-state index contributed by atoms with van der Waals surface area (Å²) in [5, 5.41) is 3.92. The molecule has 2 amide bonds. The number of amides is 2. The molecule has 0 saturated heterocycles. The number of ether oxygens (including phenoxy) is 1. The molecular formula is C26H26N2O4. The van der Waals surface area contributed by atoms with E-state index < -0.39 is 6.09 Å². The summed E-state index contributed by atoms with van der Waals surface area (Å²) in [5.41, 5.74) is 5.64. The zero-order valence-corrected chi connectivity index (χ0v) is 18.0. The van der Waals surface area contributed by atoms with Gasteiger partial charge in [0.25, 0.3) is 0 Å². The minimum atomic E-state index is -0.606. The van der Waals surface area contributed by atoms with Gasteiger partial charge in [-0.05, 0) is 27.8 Å². The van der Waals surface area contributed by atoms with Crippen molar-refractivity contribution in [2.75, 3.05) is 20.3 Å². The molecule has 32 heavy (non-hydrogen) atoms. The maximum atomic E-state index is 12.6. The van der Waals surface area contributed by atoms with Gasteiger partial charge in [0.15, 0.2) is 0 Å². The second kappa shape index (κ2) is 10.1. The largest absolute Gasteiger partial charge is 0.447 e. The molecule has 4 rings (SSSR count). The third kappa shape index (κ3) is 4.81. The number of carbonyl (C=O) groups is 2. The molecule has 0 aromatic heterocycles. The zero-order chi connectivity index (χ0) is 22.3. The van der Waals surface area contributed by atoms with Gasteiger partial charge in [-0.15, -0.1) is 0 Å². The Morgan fingerprint density at radius 3 is 2.09 bits per heavy atom. The SMILES string of the molecule is CON(CCC(=O)NCc1ccccc1)C(=O)OCC1c2ccccc2-c2ccccc21. The van der Waals surface area contributed by atoms with E-state index in [0.717, 1.165) is 21.8 Å². The summed E-state index contributed by atoms with van der Waals surface area (Å²) < 4.78 is 5.58. The molecular weight excluding hydrogens is 404 g/mol. The number of hydrogen-bond acceptors (Lipinski definition) is 4. The van der Waals surface area contributed by atoms with E-state index in [0.29, 0.717) is 6.54 Å². The minimum Gasteiger partial charge on any atom is -0.447 e. The van der Waals surface area contributed by atoms with Crippen LogP contribution in [-0.4, -0.2) is 37.3 Å². The van der Waals surface area contributed by atoms with Crippen molar-refractivity contribution in [1.82, 2.24) is 10.4 Å². The molecule has 0 unspecified atom stereocenters. The molecule has 0 spiro atoms. The van der Waals surface area contributed by atoms with E-state index >= 15 is 0 Å². The van der Waals surface area contributed by atoms with E-state index in [1.54, 1.807) is 0 Å². The molecule has 3 aromatic carbocycles. The van der Waals surface area contributed by atoms with Crippen LogP contribution in [0.25, 0.3) is 11.1 Å². The van der Waals surface area contributed by atoms with E-state index in [1.165, 1.54) is 18.2 Å². The van der Waals surface area contributed by atoms with Crippen LogP contribution in [0.1, 0.15) is 29.0 Å². The van der Waals surface area contributed by atoms with Crippen LogP contribution in [0.2, 0.25) is 0 Å². The summed E-state index contributed by atoms with van der Waals surface area (Å²) in [5.74, 6) is -0.193. The molecule has 164 valence electrons. The van der Waals surface area contributed by atoms with Crippen molar-refractivity contribution < 1.29 is 19.2 Å². The highest BCUT2D eigenvalue weighted by Gasteiger charge is 2.29. The molecule has 6 heteroatoms.